The second-order valence-corrected chi connectivity index (χ2v) is 7.28. The van der Waals surface area contributed by atoms with Gasteiger partial charge in [0.15, 0.2) is 5.65 Å². The Hall–Kier alpha value is -3.42. The molecule has 1 saturated heterocycles. The minimum Gasteiger partial charge on any atom is -0.353 e. The number of benzene rings is 1. The summed E-state index contributed by atoms with van der Waals surface area (Å²) in [7, 11) is 2.01. The van der Waals surface area contributed by atoms with Crippen molar-refractivity contribution in [2.75, 3.05) is 18.0 Å². The maximum absolute atomic E-state index is 12.6. The molecule has 1 unspecified atom stereocenters. The Labute approximate surface area is 161 Å². The smallest absolute Gasteiger partial charge is 0.224 e. The van der Waals surface area contributed by atoms with Gasteiger partial charge in [0, 0.05) is 43.3 Å². The van der Waals surface area contributed by atoms with E-state index in [1.54, 1.807) is 10.8 Å². The molecule has 5 rings (SSSR count). The van der Waals surface area contributed by atoms with E-state index in [9.17, 15) is 4.79 Å². The van der Waals surface area contributed by atoms with Crippen LogP contribution in [0.1, 0.15) is 12.0 Å². The minimum atomic E-state index is 0.0606. The van der Waals surface area contributed by atoms with Gasteiger partial charge in [-0.25, -0.2) is 0 Å². The molecular formula is C20H21N7O. The molecule has 1 aliphatic heterocycles. The Morgan fingerprint density at radius 1 is 1.25 bits per heavy atom. The van der Waals surface area contributed by atoms with Crippen LogP contribution in [0.5, 0.6) is 0 Å². The SMILES string of the molecule is Cn1cc(CC(=O)NC2CCN(c3ccc4nncn4n3)C2)c2ccccc21. The quantitative estimate of drug-likeness (QED) is 0.585. The Kier molecular flexibility index (Phi) is 3.96. The number of para-hydroxylation sites is 1. The second-order valence-electron chi connectivity index (χ2n) is 7.28. The van der Waals surface area contributed by atoms with Crippen LogP contribution in [-0.4, -0.2) is 49.4 Å². The molecule has 8 nitrogen and oxygen atoms in total. The summed E-state index contributed by atoms with van der Waals surface area (Å²) < 4.78 is 3.74. The van der Waals surface area contributed by atoms with E-state index >= 15 is 0 Å². The zero-order chi connectivity index (χ0) is 19.1. The van der Waals surface area contributed by atoms with Gasteiger partial charge in [-0.15, -0.1) is 15.3 Å². The highest BCUT2D eigenvalue weighted by molar-refractivity contribution is 5.89. The summed E-state index contributed by atoms with van der Waals surface area (Å²) in [5.74, 6) is 0.934. The molecule has 8 heteroatoms. The van der Waals surface area contributed by atoms with Gasteiger partial charge < -0.3 is 14.8 Å². The highest BCUT2D eigenvalue weighted by Crippen LogP contribution is 2.21. The van der Waals surface area contributed by atoms with Crippen LogP contribution in [0.2, 0.25) is 0 Å². The van der Waals surface area contributed by atoms with Crippen molar-refractivity contribution in [1.29, 1.82) is 0 Å². The second kappa shape index (κ2) is 6.63. The lowest BCUT2D eigenvalue weighted by Gasteiger charge is -2.17. The molecule has 1 aromatic carbocycles. The van der Waals surface area contributed by atoms with Crippen molar-refractivity contribution in [3.8, 4) is 0 Å². The standard InChI is InChI=1S/C20H21N7O/c1-25-11-14(16-4-2-3-5-17(16)25)10-20(28)22-15-8-9-26(12-15)19-7-6-18-23-21-13-27(18)24-19/h2-7,11,13,15H,8-10,12H2,1H3,(H,22,28). The van der Waals surface area contributed by atoms with Gasteiger partial charge in [-0.05, 0) is 30.2 Å². The fourth-order valence-electron chi connectivity index (χ4n) is 3.99. The molecule has 4 aromatic rings. The summed E-state index contributed by atoms with van der Waals surface area (Å²) in [4.78, 5) is 14.8. The summed E-state index contributed by atoms with van der Waals surface area (Å²) in [6.07, 6.45) is 4.94. The monoisotopic (exact) mass is 375 g/mol. The predicted molar refractivity (Wildman–Crippen MR) is 106 cm³/mol. The number of amides is 1. The average Bonchev–Trinajstić information content (AvgIpc) is 3.41. The lowest BCUT2D eigenvalue weighted by Crippen LogP contribution is -2.38. The van der Waals surface area contributed by atoms with E-state index in [-0.39, 0.29) is 11.9 Å². The van der Waals surface area contributed by atoms with Gasteiger partial charge in [-0.3, -0.25) is 4.79 Å². The van der Waals surface area contributed by atoms with Crippen LogP contribution in [0, 0.1) is 0 Å². The van der Waals surface area contributed by atoms with Crippen LogP contribution >= 0.6 is 0 Å². The Bertz CT molecular complexity index is 1160. The van der Waals surface area contributed by atoms with Gasteiger partial charge in [0.25, 0.3) is 0 Å². The largest absolute Gasteiger partial charge is 0.353 e. The maximum atomic E-state index is 12.6. The molecular weight excluding hydrogens is 354 g/mol. The highest BCUT2D eigenvalue weighted by Gasteiger charge is 2.25. The van der Waals surface area contributed by atoms with Crippen LogP contribution < -0.4 is 10.2 Å². The van der Waals surface area contributed by atoms with E-state index in [0.717, 1.165) is 47.4 Å². The summed E-state index contributed by atoms with van der Waals surface area (Å²) in [5.41, 5.74) is 2.93. The van der Waals surface area contributed by atoms with Crippen LogP contribution in [0.3, 0.4) is 0 Å². The molecule has 0 spiro atoms. The van der Waals surface area contributed by atoms with Crippen molar-refractivity contribution in [2.24, 2.45) is 7.05 Å². The van der Waals surface area contributed by atoms with Gasteiger partial charge >= 0.3 is 0 Å². The fourth-order valence-corrected chi connectivity index (χ4v) is 3.99. The highest BCUT2D eigenvalue weighted by atomic mass is 16.1. The van der Waals surface area contributed by atoms with Crippen molar-refractivity contribution in [1.82, 2.24) is 29.7 Å². The van der Waals surface area contributed by atoms with Crippen molar-refractivity contribution < 1.29 is 4.79 Å². The molecule has 1 amide bonds. The summed E-state index contributed by atoms with van der Waals surface area (Å²) >= 11 is 0. The number of anilines is 1. The molecule has 28 heavy (non-hydrogen) atoms. The molecule has 0 radical (unpaired) electrons. The maximum Gasteiger partial charge on any atom is 0.224 e. The molecule has 1 N–H and O–H groups in total. The number of fused-ring (bicyclic) bond motifs is 2. The minimum absolute atomic E-state index is 0.0606. The average molecular weight is 375 g/mol. The number of aryl methyl sites for hydroxylation is 1. The van der Waals surface area contributed by atoms with Crippen molar-refractivity contribution in [3.05, 3.63) is 54.5 Å². The predicted octanol–water partition coefficient (Wildman–Crippen LogP) is 1.55. The van der Waals surface area contributed by atoms with E-state index in [0.29, 0.717) is 6.42 Å². The first-order chi connectivity index (χ1) is 13.7. The zero-order valence-corrected chi connectivity index (χ0v) is 15.6. The lowest BCUT2D eigenvalue weighted by molar-refractivity contribution is -0.121. The van der Waals surface area contributed by atoms with Gasteiger partial charge in [-0.1, -0.05) is 18.2 Å². The lowest BCUT2D eigenvalue weighted by atomic mass is 10.1. The van der Waals surface area contributed by atoms with E-state index in [2.05, 4.69) is 42.2 Å². The molecule has 4 heterocycles. The van der Waals surface area contributed by atoms with E-state index in [1.165, 1.54) is 0 Å². The van der Waals surface area contributed by atoms with Crippen molar-refractivity contribution in [2.45, 2.75) is 18.9 Å². The third kappa shape index (κ3) is 2.96. The third-order valence-corrected chi connectivity index (χ3v) is 5.36. The van der Waals surface area contributed by atoms with Crippen LogP contribution in [0.15, 0.2) is 48.9 Å². The summed E-state index contributed by atoms with van der Waals surface area (Å²) in [6, 6.07) is 12.2. The van der Waals surface area contributed by atoms with Gasteiger partial charge in [0.1, 0.15) is 12.1 Å². The first kappa shape index (κ1) is 16.7. The van der Waals surface area contributed by atoms with Crippen molar-refractivity contribution in [3.63, 3.8) is 0 Å². The van der Waals surface area contributed by atoms with Crippen LogP contribution in [-0.2, 0) is 18.3 Å². The Morgan fingerprint density at radius 2 is 2.14 bits per heavy atom. The Balaban J connectivity index is 1.24. The number of hydrogen-bond donors (Lipinski definition) is 1. The van der Waals surface area contributed by atoms with E-state index in [1.807, 2.05) is 37.5 Å². The molecule has 1 fully saturated rings. The molecule has 0 saturated carbocycles. The van der Waals surface area contributed by atoms with Crippen LogP contribution in [0.4, 0.5) is 5.82 Å². The van der Waals surface area contributed by atoms with Gasteiger partial charge in [0.05, 0.1) is 6.42 Å². The molecule has 0 bridgehead atoms. The number of carbonyl (C=O) groups excluding carboxylic acids is 1. The molecule has 0 aliphatic carbocycles. The van der Waals surface area contributed by atoms with Gasteiger partial charge in [-0.2, -0.15) is 4.52 Å². The fraction of sp³-hybridized carbons (Fsp3) is 0.300. The first-order valence-corrected chi connectivity index (χ1v) is 9.42. The number of nitrogens with zero attached hydrogens (tertiary/aromatic N) is 6. The number of hydrogen-bond acceptors (Lipinski definition) is 5. The number of carbonyl (C=O) groups is 1. The third-order valence-electron chi connectivity index (χ3n) is 5.36. The first-order valence-electron chi connectivity index (χ1n) is 9.42. The van der Waals surface area contributed by atoms with E-state index < -0.39 is 0 Å². The van der Waals surface area contributed by atoms with E-state index in [4.69, 9.17) is 0 Å². The molecule has 142 valence electrons. The Morgan fingerprint density at radius 3 is 3.07 bits per heavy atom. The molecule has 1 aliphatic rings. The zero-order valence-electron chi connectivity index (χ0n) is 15.6. The normalized spacial score (nSPS) is 16.9. The topological polar surface area (TPSA) is 80.4 Å². The van der Waals surface area contributed by atoms with Crippen LogP contribution in [0.25, 0.3) is 16.6 Å². The molecule has 1 atom stereocenters. The van der Waals surface area contributed by atoms with Gasteiger partial charge in [0.2, 0.25) is 5.91 Å². The number of rotatable bonds is 4. The number of aromatic nitrogens is 5. The summed E-state index contributed by atoms with van der Waals surface area (Å²) in [6.45, 7) is 1.61. The number of nitrogens with one attached hydrogen (secondary N) is 1. The summed E-state index contributed by atoms with van der Waals surface area (Å²) in [5, 5.41) is 16.7. The molecule has 3 aromatic heterocycles. The van der Waals surface area contributed by atoms with Crippen molar-refractivity contribution >= 4 is 28.3 Å².